The van der Waals surface area contributed by atoms with E-state index in [0.717, 1.165) is 40.4 Å². The molecule has 0 bridgehead atoms. The molecule has 10 nitrogen and oxygen atoms in total. The summed E-state index contributed by atoms with van der Waals surface area (Å²) < 4.78 is 22.5. The number of likely N-dealkylation sites (N-methyl/N-ethyl adjacent to an activating group) is 1. The molecule has 222 valence electrons. The summed E-state index contributed by atoms with van der Waals surface area (Å²) in [4.78, 5) is 29.9. The predicted octanol–water partition coefficient (Wildman–Crippen LogP) is 5.40. The highest BCUT2D eigenvalue weighted by Gasteiger charge is 2.14. The van der Waals surface area contributed by atoms with Gasteiger partial charge in [0.25, 0.3) is 0 Å². The van der Waals surface area contributed by atoms with E-state index in [2.05, 4.69) is 10.2 Å². The number of ether oxygens (including phenoxy) is 3. The second-order valence-corrected chi connectivity index (χ2v) is 9.92. The maximum atomic E-state index is 12.0. The number of hydrogen-bond donors (Lipinski definition) is 2. The van der Waals surface area contributed by atoms with Crippen molar-refractivity contribution in [1.29, 1.82) is 0 Å². The Hall–Kier alpha value is -4.05. The molecule has 2 N–H and O–H groups in total. The lowest BCUT2D eigenvalue weighted by molar-refractivity contribution is -0.136. The van der Waals surface area contributed by atoms with Gasteiger partial charge in [0.2, 0.25) is 5.89 Å². The van der Waals surface area contributed by atoms with Gasteiger partial charge in [-0.3, -0.25) is 4.79 Å². The third-order valence-corrected chi connectivity index (χ3v) is 6.38. The molecule has 0 aliphatic carbocycles. The van der Waals surface area contributed by atoms with Gasteiger partial charge in [0.1, 0.15) is 11.5 Å². The molecule has 2 aromatic carbocycles. The lowest BCUT2D eigenvalue weighted by Gasteiger charge is -2.19. The van der Waals surface area contributed by atoms with E-state index in [1.54, 1.807) is 19.9 Å². The summed E-state index contributed by atoms with van der Waals surface area (Å²) in [7, 11) is 2.03. The number of amides is 1. The fraction of sp³-hybridized carbons (Fsp3) is 0.452. The first-order chi connectivity index (χ1) is 19.7. The summed E-state index contributed by atoms with van der Waals surface area (Å²) in [6.45, 7) is 10.2. The number of aryl methyl sites for hydroxylation is 2. The van der Waals surface area contributed by atoms with Crippen LogP contribution in [0, 0.1) is 6.92 Å². The normalized spacial score (nSPS) is 11.0. The quantitative estimate of drug-likeness (QED) is 0.219. The van der Waals surface area contributed by atoms with E-state index in [0.29, 0.717) is 44.3 Å². The highest BCUT2D eigenvalue weighted by atomic mass is 16.6. The maximum absolute atomic E-state index is 12.0. The van der Waals surface area contributed by atoms with Crippen LogP contribution in [0.25, 0.3) is 11.5 Å². The molecular formula is C31H41N3O7. The first-order valence-corrected chi connectivity index (χ1v) is 13.9. The number of benzene rings is 2. The van der Waals surface area contributed by atoms with Crippen LogP contribution in [-0.4, -0.2) is 61.7 Å². The number of aromatic nitrogens is 1. The summed E-state index contributed by atoms with van der Waals surface area (Å²) in [6.07, 6.45) is 0.106. The first-order valence-electron chi connectivity index (χ1n) is 13.9. The molecule has 0 atom stereocenters. The molecule has 0 aliphatic rings. The molecule has 41 heavy (non-hydrogen) atoms. The van der Waals surface area contributed by atoms with E-state index in [9.17, 15) is 9.59 Å². The Morgan fingerprint density at radius 2 is 1.83 bits per heavy atom. The minimum absolute atomic E-state index is 0.00917. The number of carbonyl (C=O) groups excluding carboxylic acids is 1. The molecule has 0 fully saturated rings. The summed E-state index contributed by atoms with van der Waals surface area (Å²) in [5.74, 6) is 1.03. The molecule has 0 radical (unpaired) electrons. The highest BCUT2D eigenvalue weighted by Crippen LogP contribution is 2.25. The number of carboxylic acids is 1. The predicted molar refractivity (Wildman–Crippen MR) is 156 cm³/mol. The number of hydrogen-bond acceptors (Lipinski definition) is 8. The number of nitrogens with zero attached hydrogens (tertiary/aromatic N) is 2. The third kappa shape index (κ3) is 10.1. The van der Waals surface area contributed by atoms with Crippen molar-refractivity contribution in [2.45, 2.75) is 59.6 Å². The van der Waals surface area contributed by atoms with Gasteiger partial charge in [-0.05, 0) is 81.6 Å². The summed E-state index contributed by atoms with van der Waals surface area (Å²) in [5, 5.41) is 11.8. The van der Waals surface area contributed by atoms with Crippen LogP contribution in [0.1, 0.15) is 49.8 Å². The van der Waals surface area contributed by atoms with Gasteiger partial charge >= 0.3 is 12.1 Å². The van der Waals surface area contributed by atoms with Crippen LogP contribution in [0.4, 0.5) is 10.5 Å². The Balaban J connectivity index is 1.61. The number of oxazole rings is 1. The van der Waals surface area contributed by atoms with Crippen molar-refractivity contribution in [3.63, 3.8) is 0 Å². The Morgan fingerprint density at radius 1 is 1.07 bits per heavy atom. The van der Waals surface area contributed by atoms with Crippen molar-refractivity contribution in [2.24, 2.45) is 0 Å². The molecule has 0 spiro atoms. The standard InChI is InChI=1S/C31H41N3O7/c1-6-38-18-16-34(5)26-11-7-24(8-12-26)30-33-28(22(4)41-30)15-17-39-27-13-9-23(10-14-29(35)36)25(19-27)20-32-31(37)40-21(2)3/h7-9,11-13,19,21H,6,10,14-18,20H2,1-5H3,(H,32,37)(H,35,36). The molecular weight excluding hydrogens is 526 g/mol. The molecule has 3 rings (SSSR count). The van der Waals surface area contributed by atoms with Crippen molar-refractivity contribution in [3.05, 3.63) is 65.0 Å². The SMILES string of the molecule is CCOCCN(C)c1ccc(-c2nc(CCOc3ccc(CCC(=O)O)c(CNC(=O)OC(C)C)c3)c(C)o2)cc1. The van der Waals surface area contributed by atoms with Crippen molar-refractivity contribution >= 4 is 17.7 Å². The van der Waals surface area contributed by atoms with Crippen LogP contribution in [-0.2, 0) is 33.7 Å². The first kappa shape index (κ1) is 31.5. The van der Waals surface area contributed by atoms with Crippen LogP contribution in [0.5, 0.6) is 5.75 Å². The second-order valence-electron chi connectivity index (χ2n) is 9.92. The maximum Gasteiger partial charge on any atom is 0.407 e. The van der Waals surface area contributed by atoms with Gasteiger partial charge in [0.15, 0.2) is 0 Å². The fourth-order valence-corrected chi connectivity index (χ4v) is 4.15. The Morgan fingerprint density at radius 3 is 2.51 bits per heavy atom. The van der Waals surface area contributed by atoms with Gasteiger partial charge in [-0.25, -0.2) is 9.78 Å². The number of alkyl carbamates (subject to hydrolysis) is 1. The molecule has 1 heterocycles. The van der Waals surface area contributed by atoms with E-state index >= 15 is 0 Å². The van der Waals surface area contributed by atoms with Gasteiger partial charge < -0.3 is 34.0 Å². The Labute approximate surface area is 241 Å². The van der Waals surface area contributed by atoms with E-state index in [-0.39, 0.29) is 19.1 Å². The number of carboxylic acid groups (broad SMARTS) is 1. The zero-order chi connectivity index (χ0) is 29.8. The van der Waals surface area contributed by atoms with E-state index in [4.69, 9.17) is 28.7 Å². The van der Waals surface area contributed by atoms with Crippen LogP contribution < -0.4 is 15.0 Å². The fourth-order valence-electron chi connectivity index (χ4n) is 4.15. The van der Waals surface area contributed by atoms with Gasteiger partial charge in [-0.1, -0.05) is 6.07 Å². The Kier molecular flexibility index (Phi) is 12.0. The zero-order valence-corrected chi connectivity index (χ0v) is 24.6. The van der Waals surface area contributed by atoms with Crippen LogP contribution in [0.2, 0.25) is 0 Å². The molecule has 0 unspecified atom stereocenters. The number of carbonyl (C=O) groups is 2. The largest absolute Gasteiger partial charge is 0.493 e. The molecule has 0 saturated carbocycles. The monoisotopic (exact) mass is 567 g/mol. The van der Waals surface area contributed by atoms with Crippen LogP contribution in [0.15, 0.2) is 46.9 Å². The van der Waals surface area contributed by atoms with Gasteiger partial charge in [-0.2, -0.15) is 0 Å². The summed E-state index contributed by atoms with van der Waals surface area (Å²) in [5.41, 5.74) is 4.40. The van der Waals surface area contributed by atoms with Crippen LogP contribution in [0.3, 0.4) is 0 Å². The topological polar surface area (TPSA) is 123 Å². The van der Waals surface area contributed by atoms with Crippen molar-refractivity contribution < 1.29 is 33.3 Å². The molecule has 3 aromatic rings. The van der Waals surface area contributed by atoms with Crippen molar-refractivity contribution in [3.8, 4) is 17.2 Å². The van der Waals surface area contributed by atoms with Gasteiger partial charge in [0.05, 0.1) is 25.0 Å². The zero-order valence-electron chi connectivity index (χ0n) is 24.6. The summed E-state index contributed by atoms with van der Waals surface area (Å²) in [6, 6.07) is 13.5. The number of anilines is 1. The number of rotatable bonds is 16. The Bertz CT molecular complexity index is 1270. The van der Waals surface area contributed by atoms with Crippen LogP contribution >= 0.6 is 0 Å². The lowest BCUT2D eigenvalue weighted by Crippen LogP contribution is -2.26. The minimum atomic E-state index is -0.883. The highest BCUT2D eigenvalue weighted by molar-refractivity contribution is 5.68. The van der Waals surface area contributed by atoms with E-state index in [1.165, 1.54) is 0 Å². The average Bonchev–Trinajstić information content (AvgIpc) is 3.31. The number of nitrogens with one attached hydrogen (secondary N) is 1. The summed E-state index contributed by atoms with van der Waals surface area (Å²) >= 11 is 0. The molecule has 1 aromatic heterocycles. The van der Waals surface area contributed by atoms with E-state index in [1.807, 2.05) is 57.3 Å². The molecule has 1 amide bonds. The molecule has 0 aliphatic heterocycles. The van der Waals surface area contributed by atoms with Crippen molar-refractivity contribution in [2.75, 3.05) is 38.3 Å². The van der Waals surface area contributed by atoms with Gasteiger partial charge in [0, 0.05) is 50.8 Å². The van der Waals surface area contributed by atoms with E-state index < -0.39 is 12.1 Å². The lowest BCUT2D eigenvalue weighted by atomic mass is 10.0. The minimum Gasteiger partial charge on any atom is -0.493 e. The van der Waals surface area contributed by atoms with Gasteiger partial charge in [-0.15, -0.1) is 0 Å². The molecule has 10 heteroatoms. The third-order valence-electron chi connectivity index (χ3n) is 6.38. The smallest absolute Gasteiger partial charge is 0.407 e. The second kappa shape index (κ2) is 15.7. The van der Waals surface area contributed by atoms with Crippen molar-refractivity contribution in [1.82, 2.24) is 10.3 Å². The molecule has 0 saturated heterocycles. The number of aliphatic carboxylic acids is 1. The average molecular weight is 568 g/mol.